The van der Waals surface area contributed by atoms with Crippen LogP contribution in [0.1, 0.15) is 23.7 Å². The number of rotatable bonds is 6. The number of primary amides is 1. The van der Waals surface area contributed by atoms with E-state index in [9.17, 15) is 14.0 Å². The molecule has 0 aliphatic heterocycles. The summed E-state index contributed by atoms with van der Waals surface area (Å²) in [5.74, 6) is -1.47. The third-order valence-electron chi connectivity index (χ3n) is 2.57. The quantitative estimate of drug-likeness (QED) is 0.627. The summed E-state index contributed by atoms with van der Waals surface area (Å²) in [6.45, 7) is 1.92. The zero-order valence-corrected chi connectivity index (χ0v) is 12.7. The lowest BCUT2D eigenvalue weighted by Crippen LogP contribution is -2.25. The molecule has 0 heterocycles. The molecule has 0 aromatic heterocycles. The summed E-state index contributed by atoms with van der Waals surface area (Å²) in [5, 5.41) is 2.98. The molecule has 21 heavy (non-hydrogen) atoms. The van der Waals surface area contributed by atoms with Crippen molar-refractivity contribution in [1.82, 2.24) is 5.32 Å². The highest BCUT2D eigenvalue weighted by molar-refractivity contribution is 8.02. The van der Waals surface area contributed by atoms with Gasteiger partial charge in [-0.1, -0.05) is 19.1 Å². The van der Waals surface area contributed by atoms with Crippen molar-refractivity contribution < 1.29 is 14.0 Å². The molecule has 4 nitrogen and oxygen atoms in total. The van der Waals surface area contributed by atoms with Crippen molar-refractivity contribution >= 4 is 23.6 Å². The fourth-order valence-corrected chi connectivity index (χ4v) is 2.09. The molecular weight excluding hydrogens is 291 g/mol. The average Bonchev–Trinajstić information content (AvgIpc) is 2.46. The summed E-state index contributed by atoms with van der Waals surface area (Å²) in [5.41, 5.74) is 5.86. The Morgan fingerprint density at radius 3 is 2.43 bits per heavy atom. The van der Waals surface area contributed by atoms with Crippen molar-refractivity contribution in [3.8, 4) is 0 Å². The van der Waals surface area contributed by atoms with E-state index in [0.29, 0.717) is 10.6 Å². The molecule has 2 amide bonds. The van der Waals surface area contributed by atoms with Gasteiger partial charge in [-0.05, 0) is 36.9 Å². The van der Waals surface area contributed by atoms with Crippen LogP contribution in [0, 0.1) is 5.82 Å². The van der Waals surface area contributed by atoms with Crippen molar-refractivity contribution in [3.63, 3.8) is 0 Å². The van der Waals surface area contributed by atoms with E-state index in [0.717, 1.165) is 6.42 Å². The predicted molar refractivity (Wildman–Crippen MR) is 83.0 cm³/mol. The van der Waals surface area contributed by atoms with Gasteiger partial charge >= 0.3 is 0 Å². The lowest BCUT2D eigenvalue weighted by Gasteiger charge is -2.10. The van der Waals surface area contributed by atoms with Crippen LogP contribution < -0.4 is 11.1 Å². The maximum Gasteiger partial charge on any atom is 0.256 e. The molecule has 0 spiro atoms. The van der Waals surface area contributed by atoms with Gasteiger partial charge in [0.05, 0.1) is 10.6 Å². The molecule has 0 unspecified atom stereocenters. The van der Waals surface area contributed by atoms with Crippen LogP contribution in [0.3, 0.4) is 0 Å². The van der Waals surface area contributed by atoms with Crippen LogP contribution in [0.25, 0.3) is 0 Å². The molecule has 6 heteroatoms. The number of thioether (sulfide) groups is 1. The number of carbonyl (C=O) groups is 2. The molecule has 1 aromatic rings. The number of benzene rings is 1. The Kier molecular flexibility index (Phi) is 6.68. The second-order valence-corrected chi connectivity index (χ2v) is 4.90. The summed E-state index contributed by atoms with van der Waals surface area (Å²) < 4.78 is 12.8. The van der Waals surface area contributed by atoms with Crippen LogP contribution in [0.5, 0.6) is 0 Å². The van der Waals surface area contributed by atoms with E-state index in [2.05, 4.69) is 5.32 Å². The van der Waals surface area contributed by atoms with E-state index in [-0.39, 0.29) is 5.57 Å². The van der Waals surface area contributed by atoms with E-state index < -0.39 is 17.6 Å². The third-order valence-corrected chi connectivity index (χ3v) is 3.30. The van der Waals surface area contributed by atoms with Gasteiger partial charge in [0, 0.05) is 5.56 Å². The molecule has 0 bridgehead atoms. The lowest BCUT2D eigenvalue weighted by atomic mass is 10.2. The summed E-state index contributed by atoms with van der Waals surface area (Å²) in [4.78, 5) is 23.5. The Bertz CT molecular complexity index is 580. The molecule has 0 radical (unpaired) electrons. The van der Waals surface area contributed by atoms with Crippen LogP contribution in [0.4, 0.5) is 4.39 Å². The van der Waals surface area contributed by atoms with Gasteiger partial charge in [0.15, 0.2) is 0 Å². The smallest absolute Gasteiger partial charge is 0.256 e. The third kappa shape index (κ3) is 5.07. The minimum Gasteiger partial charge on any atom is -0.366 e. The number of halogens is 1. The average molecular weight is 308 g/mol. The van der Waals surface area contributed by atoms with Gasteiger partial charge in [0.2, 0.25) is 0 Å². The molecule has 1 aromatic carbocycles. The van der Waals surface area contributed by atoms with Gasteiger partial charge < -0.3 is 11.1 Å². The molecule has 0 aliphatic rings. The summed E-state index contributed by atoms with van der Waals surface area (Å²) in [7, 11) is 0. The van der Waals surface area contributed by atoms with E-state index in [4.69, 9.17) is 5.73 Å². The summed E-state index contributed by atoms with van der Waals surface area (Å²) >= 11 is 1.20. The number of allylic oxidation sites excluding steroid dienone is 1. The molecule has 0 atom stereocenters. The molecule has 0 aliphatic carbocycles. The van der Waals surface area contributed by atoms with Gasteiger partial charge in [0.25, 0.3) is 11.8 Å². The van der Waals surface area contributed by atoms with E-state index >= 15 is 0 Å². The minimum atomic E-state index is -0.622. The van der Waals surface area contributed by atoms with Crippen molar-refractivity contribution in [2.45, 2.75) is 13.3 Å². The topological polar surface area (TPSA) is 72.2 Å². The predicted octanol–water partition coefficient (Wildman–Crippen LogP) is 2.58. The van der Waals surface area contributed by atoms with Crippen molar-refractivity contribution in [1.29, 1.82) is 0 Å². The number of nitrogens with two attached hydrogens (primary N) is 1. The number of hydrogen-bond donors (Lipinski definition) is 2. The standard InChI is InChI=1S/C15H17FN2O2S/c1-3-4-5-12(13(17)19)15(21-2)18-14(20)10-6-8-11(16)9-7-10/h4-9H,3H2,1-2H3,(H2,17,19)(H,18,20)/b5-4+,15-12+. The van der Waals surface area contributed by atoms with Crippen molar-refractivity contribution in [2.24, 2.45) is 5.73 Å². The molecule has 0 saturated carbocycles. The summed E-state index contributed by atoms with van der Waals surface area (Å²) in [6.07, 6.45) is 5.83. The van der Waals surface area contributed by atoms with Gasteiger partial charge in [-0.15, -0.1) is 11.8 Å². The molecule has 1 rings (SSSR count). The zero-order chi connectivity index (χ0) is 15.8. The first-order chi connectivity index (χ1) is 9.99. The Labute approximate surface area is 127 Å². The van der Waals surface area contributed by atoms with E-state index in [1.165, 1.54) is 36.0 Å². The number of carbonyl (C=O) groups excluding carboxylic acids is 2. The first-order valence-electron chi connectivity index (χ1n) is 6.31. The molecule has 3 N–H and O–H groups in total. The Hall–Kier alpha value is -2.08. The molecular formula is C15H17FN2O2S. The fourth-order valence-electron chi connectivity index (χ4n) is 1.51. The summed E-state index contributed by atoms with van der Waals surface area (Å²) in [6, 6.07) is 5.13. The second kappa shape index (κ2) is 8.26. The fraction of sp³-hybridized carbons (Fsp3) is 0.200. The first-order valence-corrected chi connectivity index (χ1v) is 7.53. The Morgan fingerprint density at radius 2 is 1.95 bits per heavy atom. The zero-order valence-electron chi connectivity index (χ0n) is 11.9. The van der Waals surface area contributed by atoms with Crippen molar-refractivity contribution in [3.05, 3.63) is 58.4 Å². The van der Waals surface area contributed by atoms with E-state index in [1.807, 2.05) is 6.92 Å². The van der Waals surface area contributed by atoms with Gasteiger partial charge in [-0.3, -0.25) is 9.59 Å². The Morgan fingerprint density at radius 1 is 1.33 bits per heavy atom. The molecule has 112 valence electrons. The normalized spacial score (nSPS) is 12.1. The number of hydrogen-bond acceptors (Lipinski definition) is 3. The first kappa shape index (κ1) is 17.0. The SMILES string of the molecule is CC/C=C/C(C(N)=O)=C(/NC(=O)c1ccc(F)cc1)SC. The van der Waals surface area contributed by atoms with Crippen molar-refractivity contribution in [2.75, 3.05) is 6.26 Å². The van der Waals surface area contributed by atoms with Crippen LogP contribution in [0.2, 0.25) is 0 Å². The molecule has 0 saturated heterocycles. The van der Waals surface area contributed by atoms with Gasteiger partial charge in [0.1, 0.15) is 5.82 Å². The highest BCUT2D eigenvalue weighted by atomic mass is 32.2. The van der Waals surface area contributed by atoms with Crippen LogP contribution in [0.15, 0.2) is 47.0 Å². The molecule has 0 fully saturated rings. The van der Waals surface area contributed by atoms with Gasteiger partial charge in [-0.25, -0.2) is 4.39 Å². The highest BCUT2D eigenvalue weighted by Gasteiger charge is 2.13. The second-order valence-electron chi connectivity index (χ2n) is 4.08. The van der Waals surface area contributed by atoms with Gasteiger partial charge in [-0.2, -0.15) is 0 Å². The van der Waals surface area contributed by atoms with Crippen LogP contribution in [-0.4, -0.2) is 18.1 Å². The monoisotopic (exact) mass is 308 g/mol. The van der Waals surface area contributed by atoms with Crippen LogP contribution >= 0.6 is 11.8 Å². The van der Waals surface area contributed by atoms with Crippen LogP contribution in [-0.2, 0) is 4.79 Å². The number of amides is 2. The maximum absolute atomic E-state index is 12.8. The number of nitrogens with one attached hydrogen (secondary N) is 1. The van der Waals surface area contributed by atoms with E-state index in [1.54, 1.807) is 18.4 Å². The maximum atomic E-state index is 12.8. The minimum absolute atomic E-state index is 0.236. The Balaban J connectivity index is 3.03. The lowest BCUT2D eigenvalue weighted by molar-refractivity contribution is -0.114. The highest BCUT2D eigenvalue weighted by Crippen LogP contribution is 2.16. The largest absolute Gasteiger partial charge is 0.366 e.